The van der Waals surface area contributed by atoms with E-state index in [1.165, 1.54) is 24.2 Å². The molecule has 3 N–H and O–H groups in total. The lowest BCUT2D eigenvalue weighted by atomic mass is 10.00. The molecule has 0 spiro atoms. The summed E-state index contributed by atoms with van der Waals surface area (Å²) in [7, 11) is 0. The zero-order valence-corrected chi connectivity index (χ0v) is 14.5. The number of carbonyl (C=O) groups is 2. The van der Waals surface area contributed by atoms with Gasteiger partial charge in [0.15, 0.2) is 0 Å². The van der Waals surface area contributed by atoms with Crippen molar-refractivity contribution in [2.45, 2.75) is 43.8 Å². The number of fused-ring (bicyclic) bond motifs is 2. The first-order chi connectivity index (χ1) is 12.2. The minimum atomic E-state index is -0.241. The number of nitrogens with one attached hydrogen (secondary N) is 3. The third-order valence-electron chi connectivity index (χ3n) is 4.87. The van der Waals surface area contributed by atoms with Crippen LogP contribution in [-0.2, 0) is 0 Å². The van der Waals surface area contributed by atoms with Gasteiger partial charge >= 0.3 is 0 Å². The Morgan fingerprint density at radius 2 is 1.80 bits per heavy atom. The predicted molar refractivity (Wildman–Crippen MR) is 96.9 cm³/mol. The first-order valence-corrected chi connectivity index (χ1v) is 9.43. The van der Waals surface area contributed by atoms with Crippen LogP contribution in [0.4, 0.5) is 5.69 Å². The SMILES string of the molecule is O=C(Nc1ccsc1C(=O)NC1CC2CCC(C1)N2)c1ccncc1. The standard InChI is InChI=1S/C18H20N4O2S/c23-17(11-3-6-19-7-4-11)22-15-5-8-25-16(15)18(24)21-14-9-12-1-2-13(10-14)20-12/h3-8,12-14,20H,1-2,9-10H2,(H,21,24)(H,22,23). The first kappa shape index (κ1) is 16.2. The van der Waals surface area contributed by atoms with E-state index in [1.807, 2.05) is 5.38 Å². The van der Waals surface area contributed by atoms with Gasteiger partial charge < -0.3 is 16.0 Å². The second-order valence-electron chi connectivity index (χ2n) is 6.63. The van der Waals surface area contributed by atoms with Crippen LogP contribution in [0.1, 0.15) is 45.7 Å². The molecule has 2 aliphatic heterocycles. The maximum Gasteiger partial charge on any atom is 0.263 e. The molecule has 2 aromatic heterocycles. The first-order valence-electron chi connectivity index (χ1n) is 8.55. The van der Waals surface area contributed by atoms with Crippen LogP contribution in [0.3, 0.4) is 0 Å². The van der Waals surface area contributed by atoms with Gasteiger partial charge in [-0.15, -0.1) is 11.3 Å². The Balaban J connectivity index is 1.42. The van der Waals surface area contributed by atoms with E-state index in [0.29, 0.717) is 28.2 Å². The molecule has 7 heteroatoms. The van der Waals surface area contributed by atoms with Gasteiger partial charge in [0.2, 0.25) is 0 Å². The van der Waals surface area contributed by atoms with Crippen LogP contribution in [0.25, 0.3) is 0 Å². The molecule has 2 aliphatic rings. The fraction of sp³-hybridized carbons (Fsp3) is 0.389. The number of hydrogen-bond acceptors (Lipinski definition) is 5. The van der Waals surface area contributed by atoms with Crippen LogP contribution < -0.4 is 16.0 Å². The minimum Gasteiger partial charge on any atom is -0.348 e. The number of amides is 2. The van der Waals surface area contributed by atoms with Crippen molar-refractivity contribution in [3.05, 3.63) is 46.4 Å². The van der Waals surface area contributed by atoms with Gasteiger partial charge in [-0.1, -0.05) is 0 Å². The van der Waals surface area contributed by atoms with E-state index in [2.05, 4.69) is 20.9 Å². The molecule has 2 aromatic rings. The number of anilines is 1. The third kappa shape index (κ3) is 3.57. The number of rotatable bonds is 4. The highest BCUT2D eigenvalue weighted by atomic mass is 32.1. The lowest BCUT2D eigenvalue weighted by Gasteiger charge is -2.29. The molecule has 2 atom stereocenters. The molecular weight excluding hydrogens is 336 g/mol. The molecule has 4 heterocycles. The van der Waals surface area contributed by atoms with E-state index in [-0.39, 0.29) is 17.9 Å². The zero-order chi connectivity index (χ0) is 17.2. The molecular formula is C18H20N4O2S. The molecule has 2 saturated heterocycles. The molecule has 4 rings (SSSR count). The Kier molecular flexibility index (Phi) is 4.50. The molecule has 2 fully saturated rings. The highest BCUT2D eigenvalue weighted by Crippen LogP contribution is 2.28. The Bertz CT molecular complexity index is 764. The monoisotopic (exact) mass is 356 g/mol. The number of aromatic nitrogens is 1. The molecule has 2 bridgehead atoms. The van der Waals surface area contributed by atoms with E-state index in [4.69, 9.17) is 0 Å². The summed E-state index contributed by atoms with van der Waals surface area (Å²) >= 11 is 1.35. The largest absolute Gasteiger partial charge is 0.348 e. The van der Waals surface area contributed by atoms with Crippen molar-refractivity contribution in [2.24, 2.45) is 0 Å². The number of nitrogens with zero attached hydrogens (tertiary/aromatic N) is 1. The summed E-state index contributed by atoms with van der Waals surface area (Å²) in [6.45, 7) is 0. The zero-order valence-electron chi connectivity index (χ0n) is 13.7. The van der Waals surface area contributed by atoms with E-state index >= 15 is 0 Å². The smallest absolute Gasteiger partial charge is 0.263 e. The van der Waals surface area contributed by atoms with Crippen molar-refractivity contribution in [3.63, 3.8) is 0 Å². The number of pyridine rings is 1. The summed E-state index contributed by atoms with van der Waals surface area (Å²) in [6, 6.07) is 6.32. The summed E-state index contributed by atoms with van der Waals surface area (Å²) in [4.78, 5) is 29.4. The van der Waals surface area contributed by atoms with Gasteiger partial charge in [-0.2, -0.15) is 0 Å². The number of carbonyl (C=O) groups excluding carboxylic acids is 2. The quantitative estimate of drug-likeness (QED) is 0.786. The molecule has 0 radical (unpaired) electrons. The van der Waals surface area contributed by atoms with Crippen LogP contribution in [0, 0.1) is 0 Å². The van der Waals surface area contributed by atoms with Crippen molar-refractivity contribution in [2.75, 3.05) is 5.32 Å². The summed E-state index contributed by atoms with van der Waals surface area (Å²) in [5, 5.41) is 11.4. The highest BCUT2D eigenvalue weighted by Gasteiger charge is 2.34. The molecule has 2 unspecified atom stereocenters. The molecule has 0 aromatic carbocycles. The predicted octanol–water partition coefficient (Wildman–Crippen LogP) is 2.41. The summed E-state index contributed by atoms with van der Waals surface area (Å²) in [5.41, 5.74) is 1.07. The van der Waals surface area contributed by atoms with Gasteiger partial charge in [0.1, 0.15) is 4.88 Å². The number of piperidine rings is 1. The van der Waals surface area contributed by atoms with Gasteiger partial charge in [0.05, 0.1) is 5.69 Å². The van der Waals surface area contributed by atoms with Crippen molar-refractivity contribution in [3.8, 4) is 0 Å². The third-order valence-corrected chi connectivity index (χ3v) is 5.78. The molecule has 0 aliphatic carbocycles. The average molecular weight is 356 g/mol. The van der Waals surface area contributed by atoms with E-state index in [1.54, 1.807) is 30.6 Å². The maximum absolute atomic E-state index is 12.7. The second-order valence-corrected chi connectivity index (χ2v) is 7.55. The number of hydrogen-bond donors (Lipinski definition) is 3. The van der Waals surface area contributed by atoms with Gasteiger partial charge in [0.25, 0.3) is 11.8 Å². The molecule has 0 saturated carbocycles. The van der Waals surface area contributed by atoms with Gasteiger partial charge in [-0.3, -0.25) is 14.6 Å². The Morgan fingerprint density at radius 3 is 2.52 bits per heavy atom. The highest BCUT2D eigenvalue weighted by molar-refractivity contribution is 7.12. The molecule has 130 valence electrons. The van der Waals surface area contributed by atoms with Crippen LogP contribution in [-0.4, -0.2) is 34.9 Å². The maximum atomic E-state index is 12.7. The van der Waals surface area contributed by atoms with Gasteiger partial charge in [0, 0.05) is 36.1 Å². The Morgan fingerprint density at radius 1 is 1.08 bits per heavy atom. The van der Waals surface area contributed by atoms with Crippen molar-refractivity contribution < 1.29 is 9.59 Å². The van der Waals surface area contributed by atoms with Crippen LogP contribution in [0.5, 0.6) is 0 Å². The van der Waals surface area contributed by atoms with Crippen molar-refractivity contribution in [1.82, 2.24) is 15.6 Å². The second kappa shape index (κ2) is 6.93. The molecule has 2 amide bonds. The number of thiophene rings is 1. The fourth-order valence-corrected chi connectivity index (χ4v) is 4.46. The van der Waals surface area contributed by atoms with Gasteiger partial charge in [-0.05, 0) is 49.3 Å². The van der Waals surface area contributed by atoms with Crippen molar-refractivity contribution >= 4 is 28.8 Å². The fourth-order valence-electron chi connectivity index (χ4n) is 3.71. The van der Waals surface area contributed by atoms with Crippen molar-refractivity contribution in [1.29, 1.82) is 0 Å². The lowest BCUT2D eigenvalue weighted by Crippen LogP contribution is -2.48. The molecule has 6 nitrogen and oxygen atoms in total. The summed E-state index contributed by atoms with van der Waals surface area (Å²) in [6.07, 6.45) is 7.49. The summed E-state index contributed by atoms with van der Waals surface area (Å²) in [5.74, 6) is -0.346. The normalized spacial score (nSPS) is 24.7. The van der Waals surface area contributed by atoms with Crippen LogP contribution >= 0.6 is 11.3 Å². The average Bonchev–Trinajstić information content (AvgIpc) is 3.22. The van der Waals surface area contributed by atoms with E-state index in [0.717, 1.165) is 12.8 Å². The topological polar surface area (TPSA) is 83.1 Å². The Hall–Kier alpha value is -2.25. The van der Waals surface area contributed by atoms with Crippen LogP contribution in [0.15, 0.2) is 36.0 Å². The Labute approximate surface area is 150 Å². The van der Waals surface area contributed by atoms with E-state index < -0.39 is 0 Å². The van der Waals surface area contributed by atoms with Crippen LogP contribution in [0.2, 0.25) is 0 Å². The summed E-state index contributed by atoms with van der Waals surface area (Å²) < 4.78 is 0. The minimum absolute atomic E-state index is 0.105. The van der Waals surface area contributed by atoms with E-state index in [9.17, 15) is 9.59 Å². The lowest BCUT2D eigenvalue weighted by molar-refractivity contribution is 0.0929. The van der Waals surface area contributed by atoms with Gasteiger partial charge in [-0.25, -0.2) is 0 Å². The molecule has 25 heavy (non-hydrogen) atoms.